The number of aliphatic hydroxyl groups is 1. The number of hydrogen-bond acceptors (Lipinski definition) is 2. The fourth-order valence-corrected chi connectivity index (χ4v) is 0.778. The maximum Gasteiger partial charge on any atom is 0.0494 e. The zero-order valence-corrected chi connectivity index (χ0v) is 8.55. The van der Waals surface area contributed by atoms with E-state index in [4.69, 9.17) is 9.84 Å². The molecule has 74 valence electrons. The smallest absolute Gasteiger partial charge is 0.0494 e. The predicted molar refractivity (Wildman–Crippen MR) is 51.1 cm³/mol. The molecule has 0 aliphatic carbocycles. The Balaban J connectivity index is 3.08. The maximum absolute atomic E-state index is 8.51. The van der Waals surface area contributed by atoms with Crippen LogP contribution in [0.1, 0.15) is 33.6 Å². The molecule has 0 aromatic carbocycles. The van der Waals surface area contributed by atoms with Crippen LogP contribution in [-0.4, -0.2) is 24.9 Å². The molecule has 0 fully saturated rings. The predicted octanol–water partition coefficient (Wildman–Crippen LogP) is 2.07. The van der Waals surface area contributed by atoms with Crippen molar-refractivity contribution in [3.63, 3.8) is 0 Å². The van der Waals surface area contributed by atoms with Gasteiger partial charge in [-0.3, -0.25) is 0 Å². The minimum absolute atomic E-state index is 0.281. The second-order valence-corrected chi connectivity index (χ2v) is 3.73. The Bertz CT molecular complexity index is 91.8. The highest BCUT2D eigenvalue weighted by molar-refractivity contribution is 4.54. The first-order valence-corrected chi connectivity index (χ1v) is 4.87. The first-order valence-electron chi connectivity index (χ1n) is 4.87. The highest BCUT2D eigenvalue weighted by Crippen LogP contribution is 2.09. The minimum Gasteiger partial charge on any atom is -0.396 e. The van der Waals surface area contributed by atoms with Crippen molar-refractivity contribution in [2.24, 2.45) is 11.8 Å². The first kappa shape index (κ1) is 11.9. The summed E-state index contributed by atoms with van der Waals surface area (Å²) in [5.74, 6) is 1.34. The summed E-state index contributed by atoms with van der Waals surface area (Å²) in [6.45, 7) is 8.55. The summed E-state index contributed by atoms with van der Waals surface area (Å²) in [5.41, 5.74) is 0. The SMILES string of the molecule is CC(C)C(C)COCCCCO. The summed E-state index contributed by atoms with van der Waals surface area (Å²) < 4.78 is 5.45. The van der Waals surface area contributed by atoms with Crippen LogP contribution in [0.3, 0.4) is 0 Å². The van der Waals surface area contributed by atoms with Crippen LogP contribution in [0, 0.1) is 11.8 Å². The third kappa shape index (κ3) is 6.62. The molecule has 2 heteroatoms. The summed E-state index contributed by atoms with van der Waals surface area (Å²) in [6, 6.07) is 0. The molecular weight excluding hydrogens is 152 g/mol. The van der Waals surface area contributed by atoms with Crippen LogP contribution < -0.4 is 0 Å². The zero-order valence-electron chi connectivity index (χ0n) is 8.55. The summed E-state index contributed by atoms with van der Waals surface area (Å²) >= 11 is 0. The largest absolute Gasteiger partial charge is 0.396 e. The Morgan fingerprint density at radius 1 is 1.17 bits per heavy atom. The van der Waals surface area contributed by atoms with Crippen molar-refractivity contribution >= 4 is 0 Å². The van der Waals surface area contributed by atoms with Crippen LogP contribution in [-0.2, 0) is 4.74 Å². The van der Waals surface area contributed by atoms with Gasteiger partial charge in [0.05, 0.1) is 0 Å². The van der Waals surface area contributed by atoms with Crippen LogP contribution >= 0.6 is 0 Å². The molecule has 0 aromatic rings. The van der Waals surface area contributed by atoms with Gasteiger partial charge in [-0.2, -0.15) is 0 Å². The second-order valence-electron chi connectivity index (χ2n) is 3.73. The van der Waals surface area contributed by atoms with E-state index in [-0.39, 0.29) is 6.61 Å². The standard InChI is InChI=1S/C10H22O2/c1-9(2)10(3)8-12-7-5-4-6-11/h9-11H,4-8H2,1-3H3. The third-order valence-corrected chi connectivity index (χ3v) is 2.22. The molecular formula is C10H22O2. The lowest BCUT2D eigenvalue weighted by Crippen LogP contribution is -2.12. The zero-order chi connectivity index (χ0) is 9.40. The molecule has 2 nitrogen and oxygen atoms in total. The molecule has 0 saturated heterocycles. The van der Waals surface area contributed by atoms with Crippen molar-refractivity contribution in [3.8, 4) is 0 Å². The number of ether oxygens (including phenoxy) is 1. The lowest BCUT2D eigenvalue weighted by molar-refractivity contribution is 0.0842. The van der Waals surface area contributed by atoms with E-state index >= 15 is 0 Å². The molecule has 0 bridgehead atoms. The number of hydrogen-bond donors (Lipinski definition) is 1. The summed E-state index contributed by atoms with van der Waals surface area (Å²) in [7, 11) is 0. The van der Waals surface area contributed by atoms with Crippen LogP contribution in [0.5, 0.6) is 0 Å². The number of unbranched alkanes of at least 4 members (excludes halogenated alkanes) is 1. The van der Waals surface area contributed by atoms with E-state index in [2.05, 4.69) is 20.8 Å². The summed E-state index contributed by atoms with van der Waals surface area (Å²) in [5, 5.41) is 8.51. The Labute approximate surface area is 75.9 Å². The Morgan fingerprint density at radius 2 is 1.83 bits per heavy atom. The quantitative estimate of drug-likeness (QED) is 0.599. The molecule has 1 atom stereocenters. The maximum atomic E-state index is 8.51. The van der Waals surface area contributed by atoms with Gasteiger partial charge in [-0.25, -0.2) is 0 Å². The van der Waals surface area contributed by atoms with Gasteiger partial charge in [0.1, 0.15) is 0 Å². The molecule has 0 aromatic heterocycles. The topological polar surface area (TPSA) is 29.5 Å². The van der Waals surface area contributed by atoms with E-state index in [1.165, 1.54) is 0 Å². The normalized spacial score (nSPS) is 13.8. The van der Waals surface area contributed by atoms with Gasteiger partial charge in [0.25, 0.3) is 0 Å². The van der Waals surface area contributed by atoms with Gasteiger partial charge in [0.15, 0.2) is 0 Å². The van der Waals surface area contributed by atoms with Gasteiger partial charge in [-0.05, 0) is 24.7 Å². The van der Waals surface area contributed by atoms with Crippen molar-refractivity contribution in [2.45, 2.75) is 33.6 Å². The van der Waals surface area contributed by atoms with Gasteiger partial charge in [0, 0.05) is 19.8 Å². The van der Waals surface area contributed by atoms with Crippen LogP contribution in [0.2, 0.25) is 0 Å². The molecule has 0 aliphatic rings. The van der Waals surface area contributed by atoms with Crippen LogP contribution in [0.25, 0.3) is 0 Å². The average Bonchev–Trinajstić information content (AvgIpc) is 2.03. The van der Waals surface area contributed by atoms with Gasteiger partial charge < -0.3 is 9.84 Å². The molecule has 1 unspecified atom stereocenters. The molecule has 1 N–H and O–H groups in total. The van der Waals surface area contributed by atoms with Crippen molar-refractivity contribution in [1.82, 2.24) is 0 Å². The minimum atomic E-state index is 0.281. The van der Waals surface area contributed by atoms with Crippen molar-refractivity contribution in [1.29, 1.82) is 0 Å². The van der Waals surface area contributed by atoms with E-state index in [1.807, 2.05) is 0 Å². The fourth-order valence-electron chi connectivity index (χ4n) is 0.778. The van der Waals surface area contributed by atoms with E-state index in [0.717, 1.165) is 26.1 Å². The molecule has 0 spiro atoms. The Kier molecular flexibility index (Phi) is 7.51. The molecule has 0 saturated carbocycles. The number of rotatable bonds is 7. The van der Waals surface area contributed by atoms with Crippen molar-refractivity contribution in [2.75, 3.05) is 19.8 Å². The lowest BCUT2D eigenvalue weighted by Gasteiger charge is -2.15. The van der Waals surface area contributed by atoms with Crippen molar-refractivity contribution < 1.29 is 9.84 Å². The Hall–Kier alpha value is -0.0800. The summed E-state index contributed by atoms with van der Waals surface area (Å²) in [4.78, 5) is 0. The van der Waals surface area contributed by atoms with Gasteiger partial charge in [-0.15, -0.1) is 0 Å². The van der Waals surface area contributed by atoms with Gasteiger partial charge >= 0.3 is 0 Å². The highest BCUT2D eigenvalue weighted by Gasteiger charge is 2.05. The molecule has 12 heavy (non-hydrogen) atoms. The highest BCUT2D eigenvalue weighted by atomic mass is 16.5. The summed E-state index contributed by atoms with van der Waals surface area (Å²) in [6.07, 6.45) is 1.83. The van der Waals surface area contributed by atoms with E-state index in [1.54, 1.807) is 0 Å². The van der Waals surface area contributed by atoms with E-state index in [9.17, 15) is 0 Å². The first-order chi connectivity index (χ1) is 5.68. The van der Waals surface area contributed by atoms with Crippen LogP contribution in [0.15, 0.2) is 0 Å². The molecule has 0 rings (SSSR count). The number of aliphatic hydroxyl groups excluding tert-OH is 1. The Morgan fingerprint density at radius 3 is 2.33 bits per heavy atom. The van der Waals surface area contributed by atoms with Gasteiger partial charge in [-0.1, -0.05) is 20.8 Å². The fraction of sp³-hybridized carbons (Fsp3) is 1.00. The molecule has 0 aliphatic heterocycles. The average molecular weight is 174 g/mol. The van der Waals surface area contributed by atoms with E-state index < -0.39 is 0 Å². The van der Waals surface area contributed by atoms with Gasteiger partial charge in [0.2, 0.25) is 0 Å². The molecule has 0 heterocycles. The van der Waals surface area contributed by atoms with Crippen molar-refractivity contribution in [3.05, 3.63) is 0 Å². The molecule has 0 radical (unpaired) electrons. The molecule has 0 amide bonds. The van der Waals surface area contributed by atoms with E-state index in [0.29, 0.717) is 11.8 Å². The monoisotopic (exact) mass is 174 g/mol. The third-order valence-electron chi connectivity index (χ3n) is 2.22. The van der Waals surface area contributed by atoms with Crippen LogP contribution in [0.4, 0.5) is 0 Å². The lowest BCUT2D eigenvalue weighted by atomic mass is 9.99. The second kappa shape index (κ2) is 7.56.